The predicted octanol–water partition coefficient (Wildman–Crippen LogP) is 5.33. The van der Waals surface area contributed by atoms with Crippen LogP contribution in [0.5, 0.6) is 0 Å². The molecule has 2 aromatic carbocycles. The monoisotopic (exact) mass is 502 g/mol. The van der Waals surface area contributed by atoms with E-state index in [-0.39, 0.29) is 0 Å². The van der Waals surface area contributed by atoms with Crippen LogP contribution < -0.4 is 0 Å². The minimum absolute atomic E-state index is 0.319. The summed E-state index contributed by atoms with van der Waals surface area (Å²) >= 11 is 0. The van der Waals surface area contributed by atoms with Gasteiger partial charge in [0.1, 0.15) is 0 Å². The highest BCUT2D eigenvalue weighted by Crippen LogP contribution is 2.27. The Balaban J connectivity index is 0.000000375. The number of hydrogen-bond acceptors (Lipinski definition) is 8. The summed E-state index contributed by atoms with van der Waals surface area (Å²) in [6.07, 6.45) is 8.88. The number of benzene rings is 2. The summed E-state index contributed by atoms with van der Waals surface area (Å²) < 4.78 is 0. The van der Waals surface area contributed by atoms with E-state index < -0.39 is 0 Å². The topological polar surface area (TPSA) is 118 Å². The van der Waals surface area contributed by atoms with Crippen LogP contribution in [0.2, 0.25) is 0 Å². The van der Waals surface area contributed by atoms with Crippen molar-refractivity contribution in [2.24, 2.45) is 20.0 Å². The quantitative estimate of drug-likeness (QED) is 0.305. The Morgan fingerprint density at radius 1 is 0.514 bits per heavy atom. The van der Waals surface area contributed by atoms with Crippen LogP contribution in [-0.4, -0.2) is 24.3 Å². The molecule has 0 spiro atoms. The Hall–Kier alpha value is -4.04. The number of rotatable bonds is 11. The van der Waals surface area contributed by atoms with Crippen molar-refractivity contribution in [3.63, 3.8) is 0 Å². The molecule has 0 atom stereocenters. The number of hydrogen-bond donors (Lipinski definition) is 0. The van der Waals surface area contributed by atoms with E-state index in [0.717, 1.165) is 63.8 Å². The van der Waals surface area contributed by atoms with Crippen LogP contribution in [0, 0.1) is 20.8 Å². The molecule has 0 radical (unpaired) electrons. The van der Waals surface area contributed by atoms with E-state index in [4.69, 9.17) is 0 Å². The number of isocyanates is 4. The molecule has 0 saturated heterocycles. The molecule has 0 unspecified atom stereocenters. The van der Waals surface area contributed by atoms with Crippen LogP contribution in [0.25, 0.3) is 0 Å². The van der Waals surface area contributed by atoms with Crippen LogP contribution in [0.1, 0.15) is 76.4 Å². The molecular formula is C29H34N4O4. The van der Waals surface area contributed by atoms with E-state index in [1.54, 1.807) is 12.2 Å². The lowest BCUT2D eigenvalue weighted by Gasteiger charge is -2.19. The summed E-state index contributed by atoms with van der Waals surface area (Å²) in [4.78, 5) is 55.8. The first-order chi connectivity index (χ1) is 17.8. The zero-order valence-electron chi connectivity index (χ0n) is 22.5. The second-order valence-corrected chi connectivity index (χ2v) is 8.41. The molecule has 0 amide bonds. The van der Waals surface area contributed by atoms with Gasteiger partial charge in [0.15, 0.2) is 0 Å². The van der Waals surface area contributed by atoms with Crippen LogP contribution in [-0.2, 0) is 64.6 Å². The normalized spacial score (nSPS) is 9.57. The van der Waals surface area contributed by atoms with Gasteiger partial charge >= 0.3 is 0 Å². The fourth-order valence-corrected chi connectivity index (χ4v) is 4.61. The Bertz CT molecular complexity index is 1200. The summed E-state index contributed by atoms with van der Waals surface area (Å²) in [6.45, 7) is 13.5. The SMILES string of the molecule is CCc1cc(CC)c(CN=C=O)c(CC)c1CN=C=O.Cc1cc(C)c(CN=C=O)c(C)c1CN=C=O. The molecule has 0 fully saturated rings. The highest BCUT2D eigenvalue weighted by Gasteiger charge is 2.15. The van der Waals surface area contributed by atoms with Crippen molar-refractivity contribution in [3.8, 4) is 0 Å². The first kappa shape index (κ1) is 31.0. The van der Waals surface area contributed by atoms with E-state index in [1.165, 1.54) is 23.3 Å². The fraction of sp³-hybridized carbons (Fsp3) is 0.448. The summed E-state index contributed by atoms with van der Waals surface area (Å²) in [5.41, 5.74) is 10.9. The Labute approximate surface area is 218 Å². The van der Waals surface area contributed by atoms with Crippen LogP contribution in [0.15, 0.2) is 32.1 Å². The van der Waals surface area contributed by atoms with Crippen LogP contribution >= 0.6 is 0 Å². The molecular weight excluding hydrogens is 468 g/mol. The fourth-order valence-electron chi connectivity index (χ4n) is 4.61. The third-order valence-electron chi connectivity index (χ3n) is 6.46. The Kier molecular flexibility index (Phi) is 13.9. The van der Waals surface area contributed by atoms with Crippen molar-refractivity contribution < 1.29 is 19.2 Å². The Morgan fingerprint density at radius 3 is 1.16 bits per heavy atom. The average molecular weight is 503 g/mol. The molecule has 8 nitrogen and oxygen atoms in total. The molecule has 2 rings (SSSR count). The van der Waals surface area contributed by atoms with Crippen LogP contribution in [0.4, 0.5) is 0 Å². The molecule has 0 aliphatic heterocycles. The first-order valence-electron chi connectivity index (χ1n) is 12.2. The van der Waals surface area contributed by atoms with E-state index in [2.05, 4.69) is 46.8 Å². The maximum absolute atomic E-state index is 10.4. The molecule has 194 valence electrons. The van der Waals surface area contributed by atoms with Crippen molar-refractivity contribution >= 4 is 24.3 Å². The number of aryl methyl sites for hydroxylation is 4. The predicted molar refractivity (Wildman–Crippen MR) is 143 cm³/mol. The summed E-state index contributed by atoms with van der Waals surface area (Å²) in [5.74, 6) is 0. The lowest BCUT2D eigenvalue weighted by Crippen LogP contribution is -2.07. The van der Waals surface area contributed by atoms with Gasteiger partial charge in [-0.1, -0.05) is 32.9 Å². The molecule has 0 bridgehead atoms. The number of carbonyl (C=O) groups excluding carboxylic acids is 4. The number of aliphatic imine (C=N–C) groups is 4. The van der Waals surface area contributed by atoms with Crippen molar-refractivity contribution in [1.82, 2.24) is 0 Å². The van der Waals surface area contributed by atoms with Crippen LogP contribution in [0.3, 0.4) is 0 Å². The highest BCUT2D eigenvalue weighted by atomic mass is 16.1. The molecule has 0 aliphatic carbocycles. The summed E-state index contributed by atoms with van der Waals surface area (Å²) in [6, 6.07) is 4.16. The van der Waals surface area contributed by atoms with Gasteiger partial charge in [-0.2, -0.15) is 0 Å². The minimum Gasteiger partial charge on any atom is -0.211 e. The molecule has 0 saturated carbocycles. The molecule has 0 N–H and O–H groups in total. The van der Waals surface area contributed by atoms with E-state index >= 15 is 0 Å². The number of nitrogens with zero attached hydrogens (tertiary/aromatic N) is 4. The van der Waals surface area contributed by atoms with Crippen molar-refractivity contribution in [2.45, 2.75) is 87.0 Å². The van der Waals surface area contributed by atoms with Crippen molar-refractivity contribution in [2.75, 3.05) is 0 Å². The van der Waals surface area contributed by atoms with Gasteiger partial charge in [-0.25, -0.2) is 39.1 Å². The molecule has 0 heterocycles. The largest absolute Gasteiger partial charge is 0.235 e. The standard InChI is InChI=1S/C16H20N2O2.C13H14N2O2/c1-4-12-7-13(5-2)16(9-18-11-20)14(6-3)15(12)8-17-10-19;1-9-4-10(2)13(6-15-8-17)11(3)12(9)5-14-7-16/h7H,4-6,8-9H2,1-3H3;4H,5-6H2,1-3H3. The third-order valence-corrected chi connectivity index (χ3v) is 6.46. The van der Waals surface area contributed by atoms with Gasteiger partial charge in [0.05, 0.1) is 26.2 Å². The molecule has 2 aromatic rings. The van der Waals surface area contributed by atoms with E-state index in [1.807, 2.05) is 26.8 Å². The molecule has 0 aromatic heterocycles. The third kappa shape index (κ3) is 8.54. The smallest absolute Gasteiger partial charge is 0.211 e. The van der Waals surface area contributed by atoms with Gasteiger partial charge in [0, 0.05) is 0 Å². The summed E-state index contributed by atoms with van der Waals surface area (Å²) in [7, 11) is 0. The molecule has 0 aliphatic rings. The molecule has 8 heteroatoms. The maximum atomic E-state index is 10.4. The van der Waals surface area contributed by atoms with Crippen molar-refractivity contribution in [3.05, 3.63) is 67.8 Å². The zero-order chi connectivity index (χ0) is 27.8. The van der Waals surface area contributed by atoms with Gasteiger partial charge in [-0.05, 0) is 95.7 Å². The van der Waals surface area contributed by atoms with Gasteiger partial charge in [0.2, 0.25) is 24.3 Å². The lowest BCUT2D eigenvalue weighted by molar-refractivity contribution is 0.561. The average Bonchev–Trinajstić information content (AvgIpc) is 2.90. The second kappa shape index (κ2) is 16.6. The van der Waals surface area contributed by atoms with E-state index in [0.29, 0.717) is 26.2 Å². The van der Waals surface area contributed by atoms with Gasteiger partial charge in [-0.15, -0.1) is 0 Å². The highest BCUT2D eigenvalue weighted by molar-refractivity contribution is 5.49. The van der Waals surface area contributed by atoms with Crippen molar-refractivity contribution in [1.29, 1.82) is 0 Å². The molecule has 37 heavy (non-hydrogen) atoms. The van der Waals surface area contributed by atoms with Gasteiger partial charge in [-0.3, -0.25) is 0 Å². The van der Waals surface area contributed by atoms with Gasteiger partial charge < -0.3 is 0 Å². The lowest BCUT2D eigenvalue weighted by atomic mass is 9.88. The zero-order valence-corrected chi connectivity index (χ0v) is 22.5. The Morgan fingerprint density at radius 2 is 0.865 bits per heavy atom. The van der Waals surface area contributed by atoms with E-state index in [9.17, 15) is 19.2 Å². The van der Waals surface area contributed by atoms with Gasteiger partial charge in [0.25, 0.3) is 0 Å². The minimum atomic E-state index is 0.319. The summed E-state index contributed by atoms with van der Waals surface area (Å²) in [5, 5.41) is 0. The first-order valence-corrected chi connectivity index (χ1v) is 12.2. The maximum Gasteiger partial charge on any atom is 0.235 e. The second-order valence-electron chi connectivity index (χ2n) is 8.41.